The van der Waals surface area contributed by atoms with Crippen molar-refractivity contribution in [3.05, 3.63) is 29.3 Å². The second-order valence-electron chi connectivity index (χ2n) is 4.55. The first-order valence-electron chi connectivity index (χ1n) is 6.27. The van der Waals surface area contributed by atoms with Crippen molar-refractivity contribution in [1.82, 2.24) is 4.90 Å². The lowest BCUT2D eigenvalue weighted by atomic mass is 10.1. The molecule has 0 aromatic heterocycles. The van der Waals surface area contributed by atoms with Gasteiger partial charge in [-0.3, -0.25) is 24.1 Å². The van der Waals surface area contributed by atoms with E-state index in [2.05, 4.69) is 10.1 Å². The third-order valence-electron chi connectivity index (χ3n) is 3.16. The molecule has 1 aromatic carbocycles. The summed E-state index contributed by atoms with van der Waals surface area (Å²) in [5.41, 5.74) is 0.975. The molecule has 7 nitrogen and oxygen atoms in total. The number of carbonyl (C=O) groups is 4. The molecule has 0 aliphatic carbocycles. The van der Waals surface area contributed by atoms with Crippen molar-refractivity contribution in [2.75, 3.05) is 19.5 Å². The maximum absolute atomic E-state index is 11.8. The maximum atomic E-state index is 11.8. The molecule has 0 fully saturated rings. The molecule has 0 unspecified atom stereocenters. The van der Waals surface area contributed by atoms with E-state index in [4.69, 9.17) is 0 Å². The van der Waals surface area contributed by atoms with Crippen LogP contribution in [0.1, 0.15) is 33.6 Å². The van der Waals surface area contributed by atoms with Crippen molar-refractivity contribution in [2.45, 2.75) is 12.8 Å². The number of nitrogens with one attached hydrogen (secondary N) is 1. The van der Waals surface area contributed by atoms with Crippen molar-refractivity contribution >= 4 is 29.4 Å². The second-order valence-corrected chi connectivity index (χ2v) is 4.55. The molecule has 0 radical (unpaired) electrons. The van der Waals surface area contributed by atoms with Crippen LogP contribution in [0.15, 0.2) is 18.2 Å². The molecule has 1 aliphatic rings. The van der Waals surface area contributed by atoms with Crippen LogP contribution in [0.2, 0.25) is 0 Å². The van der Waals surface area contributed by atoms with Crippen molar-refractivity contribution in [3.63, 3.8) is 0 Å². The molecule has 1 aliphatic heterocycles. The van der Waals surface area contributed by atoms with E-state index < -0.39 is 11.9 Å². The van der Waals surface area contributed by atoms with Crippen molar-refractivity contribution in [1.29, 1.82) is 0 Å². The summed E-state index contributed by atoms with van der Waals surface area (Å²) in [4.78, 5) is 47.2. The number of hydrogen-bond donors (Lipinski definition) is 1. The van der Waals surface area contributed by atoms with Crippen molar-refractivity contribution in [2.24, 2.45) is 0 Å². The van der Waals surface area contributed by atoms with Gasteiger partial charge >= 0.3 is 5.97 Å². The second kappa shape index (κ2) is 5.74. The van der Waals surface area contributed by atoms with Crippen LogP contribution >= 0.6 is 0 Å². The topological polar surface area (TPSA) is 92.8 Å². The quantitative estimate of drug-likeness (QED) is 0.654. The molecule has 1 N–H and O–H groups in total. The van der Waals surface area contributed by atoms with Gasteiger partial charge in [0.2, 0.25) is 5.91 Å². The number of imide groups is 1. The smallest absolute Gasteiger partial charge is 0.306 e. The van der Waals surface area contributed by atoms with E-state index in [9.17, 15) is 19.2 Å². The van der Waals surface area contributed by atoms with Crippen LogP contribution in [0.3, 0.4) is 0 Å². The van der Waals surface area contributed by atoms with Gasteiger partial charge in [-0.1, -0.05) is 0 Å². The summed E-state index contributed by atoms with van der Waals surface area (Å²) in [6, 6.07) is 4.49. The first-order valence-corrected chi connectivity index (χ1v) is 6.27. The normalized spacial score (nSPS) is 13.1. The van der Waals surface area contributed by atoms with Crippen LogP contribution < -0.4 is 5.32 Å². The largest absolute Gasteiger partial charge is 0.469 e. The number of methoxy groups -OCH3 is 1. The molecule has 1 heterocycles. The predicted octanol–water partition coefficient (Wildman–Crippen LogP) is 0.804. The Labute approximate surface area is 120 Å². The molecule has 7 heteroatoms. The fraction of sp³-hybridized carbons (Fsp3) is 0.286. The minimum absolute atomic E-state index is 0.0173. The Kier molecular flexibility index (Phi) is 4.02. The van der Waals surface area contributed by atoms with E-state index in [-0.39, 0.29) is 30.2 Å². The summed E-state index contributed by atoms with van der Waals surface area (Å²) in [5.74, 6) is -1.61. The van der Waals surface area contributed by atoms with Crippen LogP contribution in [-0.2, 0) is 14.3 Å². The third kappa shape index (κ3) is 2.91. The number of anilines is 1. The summed E-state index contributed by atoms with van der Waals surface area (Å²) < 4.78 is 4.44. The third-order valence-corrected chi connectivity index (χ3v) is 3.16. The number of carbonyl (C=O) groups excluding carboxylic acids is 4. The van der Waals surface area contributed by atoms with Gasteiger partial charge in [0, 0.05) is 19.2 Å². The van der Waals surface area contributed by atoms with Gasteiger partial charge in [-0.15, -0.1) is 0 Å². The monoisotopic (exact) mass is 290 g/mol. The molecule has 0 bridgehead atoms. The van der Waals surface area contributed by atoms with Gasteiger partial charge in [-0.2, -0.15) is 0 Å². The summed E-state index contributed by atoms with van der Waals surface area (Å²) in [6.07, 6.45) is -0.0377. The molecule has 110 valence electrons. The summed E-state index contributed by atoms with van der Waals surface area (Å²) in [6.45, 7) is 0. The molecular formula is C14H14N2O5. The Bertz CT molecular complexity index is 638. The minimum atomic E-state index is -0.471. The number of benzene rings is 1. The van der Waals surface area contributed by atoms with Crippen LogP contribution in [0, 0.1) is 0 Å². The number of esters is 1. The van der Waals surface area contributed by atoms with E-state index in [0.717, 1.165) is 4.90 Å². The number of fused-ring (bicyclic) bond motifs is 1. The first kappa shape index (κ1) is 14.7. The lowest BCUT2D eigenvalue weighted by Crippen LogP contribution is -2.24. The van der Waals surface area contributed by atoms with Crippen LogP contribution in [0.4, 0.5) is 5.69 Å². The molecular weight excluding hydrogens is 276 g/mol. The van der Waals surface area contributed by atoms with E-state index >= 15 is 0 Å². The van der Waals surface area contributed by atoms with Crippen molar-refractivity contribution in [3.8, 4) is 0 Å². The molecule has 0 spiro atoms. The lowest BCUT2D eigenvalue weighted by Gasteiger charge is -2.05. The number of ether oxygens (including phenoxy) is 1. The van der Waals surface area contributed by atoms with Gasteiger partial charge in [0.1, 0.15) is 0 Å². The average Bonchev–Trinajstić information content (AvgIpc) is 2.69. The highest BCUT2D eigenvalue weighted by atomic mass is 16.5. The Morgan fingerprint density at radius 1 is 1.14 bits per heavy atom. The van der Waals surface area contributed by atoms with Gasteiger partial charge in [-0.05, 0) is 18.2 Å². The number of hydrogen-bond acceptors (Lipinski definition) is 5. The predicted molar refractivity (Wildman–Crippen MR) is 72.7 cm³/mol. The fourth-order valence-corrected chi connectivity index (χ4v) is 1.98. The Morgan fingerprint density at radius 2 is 1.81 bits per heavy atom. The van der Waals surface area contributed by atoms with Gasteiger partial charge < -0.3 is 10.1 Å². The minimum Gasteiger partial charge on any atom is -0.469 e. The maximum Gasteiger partial charge on any atom is 0.306 e. The van der Waals surface area contributed by atoms with Gasteiger partial charge in [0.05, 0.1) is 24.7 Å². The highest BCUT2D eigenvalue weighted by molar-refractivity contribution is 6.21. The number of amides is 3. The van der Waals surface area contributed by atoms with Gasteiger partial charge in [-0.25, -0.2) is 0 Å². The standard InChI is InChI=1S/C14H14N2O5/c1-16-13(19)9-4-3-8(7-10(9)14(16)20)15-11(17)5-6-12(18)21-2/h3-4,7H,5-6H2,1-2H3,(H,15,17). The fourth-order valence-electron chi connectivity index (χ4n) is 1.98. The highest BCUT2D eigenvalue weighted by Gasteiger charge is 2.32. The first-order chi connectivity index (χ1) is 9.93. The number of nitrogens with zero attached hydrogens (tertiary/aromatic N) is 1. The summed E-state index contributed by atoms with van der Waals surface area (Å²) in [7, 11) is 2.65. The zero-order chi connectivity index (χ0) is 15.6. The average molecular weight is 290 g/mol. The van der Waals surface area contributed by atoms with Gasteiger partial charge in [0.15, 0.2) is 0 Å². The van der Waals surface area contributed by atoms with E-state index in [0.29, 0.717) is 11.3 Å². The molecule has 1 aromatic rings. The van der Waals surface area contributed by atoms with Crippen LogP contribution in [0.25, 0.3) is 0 Å². The summed E-state index contributed by atoms with van der Waals surface area (Å²) >= 11 is 0. The molecule has 0 saturated carbocycles. The number of rotatable bonds is 4. The Morgan fingerprint density at radius 3 is 2.48 bits per heavy atom. The Balaban J connectivity index is 2.07. The van der Waals surface area contributed by atoms with E-state index in [1.807, 2.05) is 0 Å². The van der Waals surface area contributed by atoms with Crippen molar-refractivity contribution < 1.29 is 23.9 Å². The lowest BCUT2D eigenvalue weighted by molar-refractivity contribution is -0.141. The summed E-state index contributed by atoms with van der Waals surface area (Å²) in [5, 5.41) is 2.57. The zero-order valence-electron chi connectivity index (χ0n) is 11.6. The molecule has 21 heavy (non-hydrogen) atoms. The molecule has 0 saturated heterocycles. The molecule has 3 amide bonds. The molecule has 0 atom stereocenters. The van der Waals surface area contributed by atoms with Crippen LogP contribution in [0.5, 0.6) is 0 Å². The Hall–Kier alpha value is -2.70. The SMILES string of the molecule is COC(=O)CCC(=O)Nc1ccc2c(c1)C(=O)N(C)C2=O. The molecule has 2 rings (SSSR count). The zero-order valence-corrected chi connectivity index (χ0v) is 11.6. The van der Waals surface area contributed by atoms with Gasteiger partial charge in [0.25, 0.3) is 11.8 Å². The highest BCUT2D eigenvalue weighted by Crippen LogP contribution is 2.24. The van der Waals surface area contributed by atoms with E-state index in [1.54, 1.807) is 6.07 Å². The van der Waals surface area contributed by atoms with E-state index in [1.165, 1.54) is 26.3 Å². The van der Waals surface area contributed by atoms with Crippen LogP contribution in [-0.4, -0.2) is 42.7 Å².